The summed E-state index contributed by atoms with van der Waals surface area (Å²) in [7, 11) is -6.75. The van der Waals surface area contributed by atoms with Gasteiger partial charge in [-0.1, -0.05) is 13.8 Å². The average Bonchev–Trinajstić information content (AvgIpc) is 2.88. The van der Waals surface area contributed by atoms with Crippen molar-refractivity contribution in [3.63, 3.8) is 0 Å². The van der Waals surface area contributed by atoms with Crippen molar-refractivity contribution in [3.8, 4) is 0 Å². The molecule has 0 spiro atoms. The van der Waals surface area contributed by atoms with Gasteiger partial charge >= 0.3 is 0 Å². The summed E-state index contributed by atoms with van der Waals surface area (Å²) in [6.45, 7) is 3.11. The maximum Gasteiger partial charge on any atom is 0.156 e. The minimum atomic E-state index is -3.38. The zero-order valence-electron chi connectivity index (χ0n) is 10.00. The summed E-state index contributed by atoms with van der Waals surface area (Å²) in [5, 5.41) is -1.70. The Morgan fingerprint density at radius 3 is 1.53 bits per heavy atom. The largest absolute Gasteiger partial charge is 0.372 e. The van der Waals surface area contributed by atoms with E-state index in [0.29, 0.717) is 12.8 Å². The Morgan fingerprint density at radius 1 is 0.882 bits per heavy atom. The molecule has 2 rings (SSSR count). The molecule has 0 unspecified atom stereocenters. The summed E-state index contributed by atoms with van der Waals surface area (Å²) in [5.41, 5.74) is 0. The molecule has 5 nitrogen and oxygen atoms in total. The van der Waals surface area contributed by atoms with Crippen LogP contribution in [-0.4, -0.2) is 51.0 Å². The fourth-order valence-corrected chi connectivity index (χ4v) is 7.13. The lowest BCUT2D eigenvalue weighted by molar-refractivity contribution is 0.106. The van der Waals surface area contributed by atoms with E-state index in [2.05, 4.69) is 0 Å². The third kappa shape index (κ3) is 2.02. The molecule has 2 fully saturated rings. The molecule has 0 radical (unpaired) electrons. The number of rotatable bonds is 4. The lowest BCUT2D eigenvalue weighted by Crippen LogP contribution is -2.48. The predicted molar refractivity (Wildman–Crippen MR) is 64.4 cm³/mol. The van der Waals surface area contributed by atoms with E-state index in [4.69, 9.17) is 4.74 Å². The molecule has 2 aliphatic heterocycles. The standard InChI is InChI=1S/C10H18O5S2/c1-3-16(11,12)9-7-5-6-8(15-7)10(9)17(13,14)4-2/h7-10H,3-6H2,1-2H3/t7-,8-,9-,10+/m0/s1. The van der Waals surface area contributed by atoms with Gasteiger partial charge in [0.25, 0.3) is 0 Å². The van der Waals surface area contributed by atoms with E-state index in [1.54, 1.807) is 13.8 Å². The summed E-state index contributed by atoms with van der Waals surface area (Å²) in [4.78, 5) is 0. The van der Waals surface area contributed by atoms with Crippen LogP contribution in [0.25, 0.3) is 0 Å². The predicted octanol–water partition coefficient (Wildman–Crippen LogP) is 0.154. The molecule has 0 aromatic heterocycles. The van der Waals surface area contributed by atoms with Crippen LogP contribution in [0.2, 0.25) is 0 Å². The number of hydrogen-bond donors (Lipinski definition) is 0. The minimum Gasteiger partial charge on any atom is -0.372 e. The van der Waals surface area contributed by atoms with Crippen molar-refractivity contribution in [3.05, 3.63) is 0 Å². The van der Waals surface area contributed by atoms with Gasteiger partial charge in [-0.3, -0.25) is 0 Å². The zero-order valence-corrected chi connectivity index (χ0v) is 11.6. The van der Waals surface area contributed by atoms with Gasteiger partial charge in [0.05, 0.1) is 12.2 Å². The van der Waals surface area contributed by atoms with Crippen molar-refractivity contribution in [2.24, 2.45) is 0 Å². The van der Waals surface area contributed by atoms with Gasteiger partial charge < -0.3 is 4.74 Å². The number of sulfone groups is 2. The van der Waals surface area contributed by atoms with Crippen molar-refractivity contribution in [1.29, 1.82) is 0 Å². The summed E-state index contributed by atoms with van der Waals surface area (Å²) in [5.74, 6) is -0.0556. The lowest BCUT2D eigenvalue weighted by atomic mass is 10.00. The highest BCUT2D eigenvalue weighted by Gasteiger charge is 2.58. The molecule has 7 heteroatoms. The Bertz CT molecular complexity index is 447. The second-order valence-electron chi connectivity index (χ2n) is 4.62. The lowest BCUT2D eigenvalue weighted by Gasteiger charge is -2.26. The van der Waals surface area contributed by atoms with Crippen LogP contribution in [-0.2, 0) is 24.4 Å². The van der Waals surface area contributed by atoms with Crippen LogP contribution in [0.1, 0.15) is 26.7 Å². The van der Waals surface area contributed by atoms with E-state index in [-0.39, 0.29) is 11.5 Å². The Hall–Kier alpha value is -0.140. The van der Waals surface area contributed by atoms with Crippen molar-refractivity contribution in [2.75, 3.05) is 11.5 Å². The first-order chi connectivity index (χ1) is 7.83. The van der Waals surface area contributed by atoms with Crippen LogP contribution in [0.4, 0.5) is 0 Å². The van der Waals surface area contributed by atoms with E-state index in [9.17, 15) is 16.8 Å². The second-order valence-corrected chi connectivity index (χ2v) is 9.52. The third-order valence-electron chi connectivity index (χ3n) is 3.78. The van der Waals surface area contributed by atoms with E-state index < -0.39 is 42.4 Å². The van der Waals surface area contributed by atoms with Gasteiger partial charge in [0.15, 0.2) is 19.7 Å². The minimum absolute atomic E-state index is 0.0278. The van der Waals surface area contributed by atoms with Crippen LogP contribution in [0.3, 0.4) is 0 Å². The van der Waals surface area contributed by atoms with Crippen LogP contribution in [0.15, 0.2) is 0 Å². The van der Waals surface area contributed by atoms with Gasteiger partial charge in [0.1, 0.15) is 10.5 Å². The molecule has 0 saturated carbocycles. The molecule has 0 N–H and O–H groups in total. The Morgan fingerprint density at radius 2 is 1.24 bits per heavy atom. The molecule has 2 aliphatic rings. The molecule has 0 amide bonds. The van der Waals surface area contributed by atoms with Gasteiger partial charge in [-0.25, -0.2) is 16.8 Å². The average molecular weight is 282 g/mol. The van der Waals surface area contributed by atoms with Crippen molar-refractivity contribution in [2.45, 2.75) is 49.4 Å². The summed E-state index contributed by atoms with van der Waals surface area (Å²) < 4.78 is 53.6. The summed E-state index contributed by atoms with van der Waals surface area (Å²) in [6, 6.07) is 0. The van der Waals surface area contributed by atoms with E-state index in [1.807, 2.05) is 0 Å². The smallest absolute Gasteiger partial charge is 0.156 e. The molecule has 4 atom stereocenters. The van der Waals surface area contributed by atoms with Crippen LogP contribution >= 0.6 is 0 Å². The molecular formula is C10H18O5S2. The van der Waals surface area contributed by atoms with Gasteiger partial charge in [0.2, 0.25) is 0 Å². The number of ether oxygens (including phenoxy) is 1. The van der Waals surface area contributed by atoms with Gasteiger partial charge in [-0.2, -0.15) is 0 Å². The maximum atomic E-state index is 12.0. The van der Waals surface area contributed by atoms with Crippen molar-refractivity contribution < 1.29 is 21.6 Å². The van der Waals surface area contributed by atoms with Gasteiger partial charge in [0, 0.05) is 11.5 Å². The number of hydrogen-bond acceptors (Lipinski definition) is 5. The van der Waals surface area contributed by atoms with Crippen LogP contribution < -0.4 is 0 Å². The highest BCUT2D eigenvalue weighted by Crippen LogP contribution is 2.42. The molecule has 2 bridgehead atoms. The topological polar surface area (TPSA) is 77.5 Å². The van der Waals surface area contributed by atoms with E-state index in [1.165, 1.54) is 0 Å². The monoisotopic (exact) mass is 282 g/mol. The van der Waals surface area contributed by atoms with Crippen LogP contribution in [0.5, 0.6) is 0 Å². The highest BCUT2D eigenvalue weighted by atomic mass is 32.2. The number of fused-ring (bicyclic) bond motifs is 2. The third-order valence-corrected chi connectivity index (χ3v) is 8.41. The zero-order chi connectivity index (χ0) is 12.8. The van der Waals surface area contributed by atoms with E-state index in [0.717, 1.165) is 0 Å². The molecule has 0 aromatic rings. The first-order valence-electron chi connectivity index (χ1n) is 5.92. The van der Waals surface area contributed by atoms with Gasteiger partial charge in [-0.05, 0) is 12.8 Å². The highest BCUT2D eigenvalue weighted by molar-refractivity contribution is 7.96. The Kier molecular flexibility index (Phi) is 3.29. The molecule has 2 heterocycles. The van der Waals surface area contributed by atoms with E-state index >= 15 is 0 Å². The molecule has 0 aliphatic carbocycles. The molecular weight excluding hydrogens is 264 g/mol. The van der Waals surface area contributed by atoms with Crippen LogP contribution in [0, 0.1) is 0 Å². The fourth-order valence-electron chi connectivity index (χ4n) is 2.85. The molecule has 0 aromatic carbocycles. The molecule has 2 saturated heterocycles. The Labute approximate surface area is 102 Å². The first-order valence-corrected chi connectivity index (χ1v) is 9.35. The quantitative estimate of drug-likeness (QED) is 0.733. The SMILES string of the molecule is CCS(=O)(=O)[C@@H]1[C@H](S(=O)(=O)CC)[C@@H]2CC[C@@H]1O2. The van der Waals surface area contributed by atoms with Crippen molar-refractivity contribution >= 4 is 19.7 Å². The van der Waals surface area contributed by atoms with Gasteiger partial charge in [-0.15, -0.1) is 0 Å². The Balaban J connectivity index is 2.44. The fraction of sp³-hybridized carbons (Fsp3) is 1.00. The molecule has 17 heavy (non-hydrogen) atoms. The summed E-state index contributed by atoms with van der Waals surface area (Å²) in [6.07, 6.45) is 0.474. The summed E-state index contributed by atoms with van der Waals surface area (Å²) >= 11 is 0. The molecule has 100 valence electrons. The normalized spacial score (nSPS) is 37.5. The second kappa shape index (κ2) is 4.20. The first kappa shape index (κ1) is 13.3. The maximum absolute atomic E-state index is 12.0. The van der Waals surface area contributed by atoms with Crippen molar-refractivity contribution in [1.82, 2.24) is 0 Å².